The van der Waals surface area contributed by atoms with Gasteiger partial charge in [-0.1, -0.05) is 0 Å². The van der Waals surface area contributed by atoms with Crippen LogP contribution in [0.5, 0.6) is 0 Å². The summed E-state index contributed by atoms with van der Waals surface area (Å²) in [5.41, 5.74) is -0.576. The van der Waals surface area contributed by atoms with Crippen LogP contribution in [0.4, 0.5) is 23.2 Å². The summed E-state index contributed by atoms with van der Waals surface area (Å²) >= 11 is 0. The van der Waals surface area contributed by atoms with Gasteiger partial charge in [0.05, 0.1) is 5.56 Å². The van der Waals surface area contributed by atoms with Gasteiger partial charge in [-0.15, -0.1) is 0 Å². The second-order valence-corrected chi connectivity index (χ2v) is 4.44. The molecule has 1 N–H and O–H groups in total. The lowest BCUT2D eigenvalue weighted by molar-refractivity contribution is -0.119. The van der Waals surface area contributed by atoms with Crippen molar-refractivity contribution in [3.05, 3.63) is 65.2 Å². The Balaban J connectivity index is 1.94. The summed E-state index contributed by atoms with van der Waals surface area (Å²) in [5.74, 6) is -5.74. The Bertz CT molecular complexity index is 724. The lowest BCUT2D eigenvalue weighted by Crippen LogP contribution is -2.21. The molecule has 0 aromatic heterocycles. The normalized spacial score (nSPS) is 10.3. The highest BCUT2D eigenvalue weighted by atomic mass is 19.1. The van der Waals surface area contributed by atoms with E-state index in [2.05, 4.69) is 10.1 Å². The molecular formula is C15H9F4NO3. The highest BCUT2D eigenvalue weighted by Crippen LogP contribution is 2.13. The highest BCUT2D eigenvalue weighted by Gasteiger charge is 2.13. The molecule has 120 valence electrons. The first-order chi connectivity index (χ1) is 10.8. The summed E-state index contributed by atoms with van der Waals surface area (Å²) in [4.78, 5) is 23.1. The van der Waals surface area contributed by atoms with E-state index in [-0.39, 0.29) is 5.69 Å². The van der Waals surface area contributed by atoms with Crippen molar-refractivity contribution >= 4 is 17.6 Å². The van der Waals surface area contributed by atoms with Gasteiger partial charge in [-0.25, -0.2) is 22.4 Å². The molecule has 0 saturated carbocycles. The molecule has 0 fully saturated rings. The minimum atomic E-state index is -1.12. The van der Waals surface area contributed by atoms with Crippen LogP contribution in [0.15, 0.2) is 36.4 Å². The smallest absolute Gasteiger partial charge is 0.338 e. The van der Waals surface area contributed by atoms with E-state index in [1.807, 2.05) is 0 Å². The molecule has 2 aromatic carbocycles. The van der Waals surface area contributed by atoms with Gasteiger partial charge in [-0.2, -0.15) is 0 Å². The lowest BCUT2D eigenvalue weighted by atomic mass is 10.2. The van der Waals surface area contributed by atoms with Crippen LogP contribution >= 0.6 is 0 Å². The Morgan fingerprint density at radius 2 is 1.30 bits per heavy atom. The molecule has 0 heterocycles. The predicted octanol–water partition coefficient (Wildman–Crippen LogP) is 3.04. The van der Waals surface area contributed by atoms with Gasteiger partial charge in [0.25, 0.3) is 5.91 Å². The first-order valence-corrected chi connectivity index (χ1v) is 6.22. The average molecular weight is 327 g/mol. The monoisotopic (exact) mass is 327 g/mol. The van der Waals surface area contributed by atoms with E-state index in [1.165, 1.54) is 0 Å². The number of nitrogens with one attached hydrogen (secondary N) is 1. The molecule has 2 aromatic rings. The second kappa shape index (κ2) is 6.91. The number of esters is 1. The average Bonchev–Trinajstić information content (AvgIpc) is 2.42. The fourth-order valence-electron chi connectivity index (χ4n) is 1.71. The maximum Gasteiger partial charge on any atom is 0.338 e. The van der Waals surface area contributed by atoms with E-state index in [0.29, 0.717) is 12.1 Å². The first-order valence-electron chi connectivity index (χ1n) is 6.22. The predicted molar refractivity (Wildman–Crippen MR) is 71.6 cm³/mol. The fraction of sp³-hybridized carbons (Fsp3) is 0.0667. The number of hydrogen-bond donors (Lipinski definition) is 1. The summed E-state index contributed by atoms with van der Waals surface area (Å²) in [6.07, 6.45) is 0. The molecule has 0 bridgehead atoms. The highest BCUT2D eigenvalue weighted by molar-refractivity contribution is 5.95. The third-order valence-corrected chi connectivity index (χ3v) is 2.58. The fourth-order valence-corrected chi connectivity index (χ4v) is 1.71. The minimum Gasteiger partial charge on any atom is -0.452 e. The minimum absolute atomic E-state index is 0.166. The van der Waals surface area contributed by atoms with E-state index >= 15 is 0 Å². The maximum atomic E-state index is 13.0. The molecule has 0 saturated heterocycles. The number of rotatable bonds is 4. The van der Waals surface area contributed by atoms with Gasteiger partial charge >= 0.3 is 5.97 Å². The van der Waals surface area contributed by atoms with Crippen molar-refractivity contribution in [3.8, 4) is 0 Å². The Morgan fingerprint density at radius 3 is 1.83 bits per heavy atom. The molecular weight excluding hydrogens is 318 g/mol. The molecule has 0 aliphatic rings. The third kappa shape index (κ3) is 4.80. The number of anilines is 1. The van der Waals surface area contributed by atoms with E-state index < -0.39 is 47.3 Å². The van der Waals surface area contributed by atoms with Crippen LogP contribution in [0.3, 0.4) is 0 Å². The first kappa shape index (κ1) is 16.5. The van der Waals surface area contributed by atoms with Gasteiger partial charge in [0, 0.05) is 17.8 Å². The van der Waals surface area contributed by atoms with Gasteiger partial charge in [0.15, 0.2) is 6.61 Å². The van der Waals surface area contributed by atoms with Crippen LogP contribution in [0, 0.1) is 23.3 Å². The number of amides is 1. The van der Waals surface area contributed by atoms with Crippen LogP contribution in [-0.4, -0.2) is 18.5 Å². The SMILES string of the molecule is O=C(COC(=O)c1cc(F)cc(F)c1)Nc1cc(F)cc(F)c1. The topological polar surface area (TPSA) is 55.4 Å². The summed E-state index contributed by atoms with van der Waals surface area (Å²) in [7, 11) is 0. The summed E-state index contributed by atoms with van der Waals surface area (Å²) in [6.45, 7) is -0.797. The maximum absolute atomic E-state index is 13.0. The molecule has 0 aliphatic heterocycles. The van der Waals surface area contributed by atoms with E-state index in [1.54, 1.807) is 0 Å². The number of carbonyl (C=O) groups is 2. The summed E-state index contributed by atoms with van der Waals surface area (Å²) < 4.78 is 56.3. The number of halogens is 4. The zero-order valence-electron chi connectivity index (χ0n) is 11.4. The van der Waals surface area contributed by atoms with Crippen molar-refractivity contribution in [2.75, 3.05) is 11.9 Å². The van der Waals surface area contributed by atoms with Crippen LogP contribution in [-0.2, 0) is 9.53 Å². The molecule has 1 amide bonds. The number of carbonyl (C=O) groups excluding carboxylic acids is 2. The van der Waals surface area contributed by atoms with Gasteiger partial charge in [0.2, 0.25) is 0 Å². The molecule has 0 radical (unpaired) electrons. The van der Waals surface area contributed by atoms with Gasteiger partial charge in [-0.3, -0.25) is 4.79 Å². The zero-order valence-corrected chi connectivity index (χ0v) is 11.4. The Hall–Kier alpha value is -2.90. The second-order valence-electron chi connectivity index (χ2n) is 4.44. The van der Waals surface area contributed by atoms with E-state index in [0.717, 1.165) is 24.3 Å². The van der Waals surface area contributed by atoms with Crippen molar-refractivity contribution in [3.63, 3.8) is 0 Å². The molecule has 2 rings (SSSR count). The van der Waals surface area contributed by atoms with Crippen molar-refractivity contribution in [2.45, 2.75) is 0 Å². The quantitative estimate of drug-likeness (QED) is 0.694. The zero-order chi connectivity index (χ0) is 17.0. The van der Waals surface area contributed by atoms with E-state index in [9.17, 15) is 27.2 Å². The van der Waals surface area contributed by atoms with Crippen molar-refractivity contribution in [1.29, 1.82) is 0 Å². The van der Waals surface area contributed by atoms with Crippen LogP contribution in [0.2, 0.25) is 0 Å². The molecule has 0 unspecified atom stereocenters. The third-order valence-electron chi connectivity index (χ3n) is 2.58. The molecule has 8 heteroatoms. The van der Waals surface area contributed by atoms with Gasteiger partial charge in [-0.05, 0) is 24.3 Å². The lowest BCUT2D eigenvalue weighted by Gasteiger charge is -2.07. The Kier molecular flexibility index (Phi) is 4.95. The van der Waals surface area contributed by atoms with E-state index in [4.69, 9.17) is 0 Å². The van der Waals surface area contributed by atoms with Crippen LogP contribution in [0.25, 0.3) is 0 Å². The standard InChI is InChI=1S/C15H9F4NO3/c16-9-1-8(2-10(17)3-9)15(22)23-7-14(21)20-13-5-11(18)4-12(19)6-13/h1-6H,7H2,(H,20,21). The summed E-state index contributed by atoms with van der Waals surface area (Å²) in [5, 5.41) is 2.11. The molecule has 0 atom stereocenters. The van der Waals surface area contributed by atoms with Crippen molar-refractivity contribution in [2.24, 2.45) is 0 Å². The largest absolute Gasteiger partial charge is 0.452 e. The number of hydrogen-bond acceptors (Lipinski definition) is 3. The molecule has 0 aliphatic carbocycles. The van der Waals surface area contributed by atoms with Crippen LogP contribution < -0.4 is 5.32 Å². The van der Waals surface area contributed by atoms with Crippen LogP contribution in [0.1, 0.15) is 10.4 Å². The van der Waals surface area contributed by atoms with Gasteiger partial charge in [0.1, 0.15) is 23.3 Å². The Morgan fingerprint density at radius 1 is 0.826 bits per heavy atom. The molecule has 0 spiro atoms. The molecule has 23 heavy (non-hydrogen) atoms. The summed E-state index contributed by atoms with van der Waals surface area (Å²) in [6, 6.07) is 4.40. The molecule has 4 nitrogen and oxygen atoms in total. The van der Waals surface area contributed by atoms with Crippen molar-refractivity contribution < 1.29 is 31.9 Å². The number of ether oxygens (including phenoxy) is 1. The van der Waals surface area contributed by atoms with Gasteiger partial charge < -0.3 is 10.1 Å². The number of benzene rings is 2. The Labute approximate surface area is 127 Å². The van der Waals surface area contributed by atoms with Crippen molar-refractivity contribution in [1.82, 2.24) is 0 Å².